The summed E-state index contributed by atoms with van der Waals surface area (Å²) in [7, 11) is 0. The Morgan fingerprint density at radius 1 is 1.12 bits per heavy atom. The van der Waals surface area contributed by atoms with Gasteiger partial charge in [0.05, 0.1) is 6.61 Å². The molecule has 0 aliphatic carbocycles. The summed E-state index contributed by atoms with van der Waals surface area (Å²) in [5, 5.41) is 0.900. The first kappa shape index (κ1) is 14.6. The topological polar surface area (TPSA) is 9.23 Å². The van der Waals surface area contributed by atoms with Crippen molar-refractivity contribution in [1.82, 2.24) is 0 Å². The Morgan fingerprint density at radius 2 is 1.65 bits per heavy atom. The van der Waals surface area contributed by atoms with Crippen molar-refractivity contribution in [3.63, 3.8) is 0 Å². The number of rotatable bonds is 4. The van der Waals surface area contributed by atoms with Crippen molar-refractivity contribution >= 4 is 15.9 Å². The van der Waals surface area contributed by atoms with Gasteiger partial charge >= 0.3 is 0 Å². The molecule has 0 unspecified atom stereocenters. The third kappa shape index (κ3) is 4.71. The molecule has 96 valence electrons. The lowest BCUT2D eigenvalue weighted by atomic mass is 9.93. The number of hydrogen-bond donors (Lipinski definition) is 0. The third-order valence-corrected chi connectivity index (χ3v) is 3.42. The highest BCUT2D eigenvalue weighted by Gasteiger charge is 2.11. The van der Waals surface area contributed by atoms with Crippen LogP contribution in [0.4, 0.5) is 0 Å². The summed E-state index contributed by atoms with van der Waals surface area (Å²) in [6.07, 6.45) is 1.08. The molecule has 0 fully saturated rings. The normalized spacial score (nSPS) is 11.6. The first-order valence-electron chi connectivity index (χ1n) is 6.12. The summed E-state index contributed by atoms with van der Waals surface area (Å²) in [5.41, 5.74) is 4.10. The Bertz CT molecular complexity index is 354. The molecule has 0 aliphatic heterocycles. The van der Waals surface area contributed by atoms with Gasteiger partial charge in [-0.2, -0.15) is 0 Å². The van der Waals surface area contributed by atoms with E-state index < -0.39 is 0 Å². The number of alkyl halides is 1. The molecule has 1 aromatic carbocycles. The predicted molar refractivity (Wildman–Crippen MR) is 78.1 cm³/mol. The largest absolute Gasteiger partial charge is 0.493 e. The van der Waals surface area contributed by atoms with Crippen LogP contribution >= 0.6 is 15.9 Å². The molecule has 0 N–H and O–H groups in total. The van der Waals surface area contributed by atoms with E-state index in [2.05, 4.69) is 62.7 Å². The van der Waals surface area contributed by atoms with Gasteiger partial charge in [0.2, 0.25) is 0 Å². The zero-order valence-electron chi connectivity index (χ0n) is 11.6. The van der Waals surface area contributed by atoms with Crippen LogP contribution in [-0.2, 0) is 5.33 Å². The lowest BCUT2D eigenvalue weighted by Gasteiger charge is -2.20. The molecule has 0 spiro atoms. The standard InChI is InChI=1S/C15H23BrO/c1-11-8-13(10-16)9-12(2)14(11)17-7-6-15(3,4)5/h8-9H,6-7,10H2,1-5H3. The minimum absolute atomic E-state index is 0.331. The predicted octanol–water partition coefficient (Wildman–Crippen LogP) is 5.01. The molecule has 0 aromatic heterocycles. The molecule has 0 heterocycles. The number of halogens is 1. The quantitative estimate of drug-likeness (QED) is 0.710. The van der Waals surface area contributed by atoms with Crippen LogP contribution in [0.2, 0.25) is 0 Å². The molecule has 0 amide bonds. The number of aryl methyl sites for hydroxylation is 2. The van der Waals surface area contributed by atoms with Crippen LogP contribution < -0.4 is 4.74 Å². The van der Waals surface area contributed by atoms with Crippen molar-refractivity contribution in [2.75, 3.05) is 6.61 Å². The number of benzene rings is 1. The first-order chi connectivity index (χ1) is 7.83. The molecule has 0 aliphatic rings. The van der Waals surface area contributed by atoms with Crippen molar-refractivity contribution in [2.45, 2.75) is 46.4 Å². The Morgan fingerprint density at radius 3 is 2.06 bits per heavy atom. The minimum atomic E-state index is 0.331. The lowest BCUT2D eigenvalue weighted by Crippen LogP contribution is -2.12. The fraction of sp³-hybridized carbons (Fsp3) is 0.600. The van der Waals surface area contributed by atoms with E-state index in [0.29, 0.717) is 5.41 Å². The van der Waals surface area contributed by atoms with Gasteiger partial charge in [-0.1, -0.05) is 48.8 Å². The third-order valence-electron chi connectivity index (χ3n) is 2.77. The van der Waals surface area contributed by atoms with Gasteiger partial charge in [-0.25, -0.2) is 0 Å². The Balaban J connectivity index is 2.72. The zero-order valence-corrected chi connectivity index (χ0v) is 13.1. The maximum absolute atomic E-state index is 5.93. The molecule has 0 bridgehead atoms. The van der Waals surface area contributed by atoms with E-state index in [4.69, 9.17) is 4.74 Å². The fourth-order valence-electron chi connectivity index (χ4n) is 1.80. The van der Waals surface area contributed by atoms with Gasteiger partial charge in [-0.05, 0) is 42.4 Å². The summed E-state index contributed by atoms with van der Waals surface area (Å²) in [6.45, 7) is 11.7. The number of ether oxygens (including phenoxy) is 1. The lowest BCUT2D eigenvalue weighted by molar-refractivity contribution is 0.241. The molecule has 0 saturated heterocycles. The smallest absolute Gasteiger partial charge is 0.125 e. The monoisotopic (exact) mass is 298 g/mol. The van der Waals surface area contributed by atoms with E-state index in [1.54, 1.807) is 0 Å². The summed E-state index contributed by atoms with van der Waals surface area (Å²) in [6, 6.07) is 4.38. The van der Waals surface area contributed by atoms with E-state index in [1.165, 1.54) is 16.7 Å². The summed E-state index contributed by atoms with van der Waals surface area (Å²) >= 11 is 3.49. The Labute approximate surface area is 114 Å². The van der Waals surface area contributed by atoms with Gasteiger partial charge in [0.15, 0.2) is 0 Å². The zero-order chi connectivity index (χ0) is 13.1. The summed E-state index contributed by atoms with van der Waals surface area (Å²) < 4.78 is 5.93. The molecule has 1 aromatic rings. The molecular formula is C15H23BrO. The number of hydrogen-bond acceptors (Lipinski definition) is 1. The molecule has 1 nitrogen and oxygen atoms in total. The Kier molecular flexibility index (Phi) is 5.05. The SMILES string of the molecule is Cc1cc(CBr)cc(C)c1OCCC(C)(C)C. The van der Waals surface area contributed by atoms with E-state index in [-0.39, 0.29) is 0 Å². The van der Waals surface area contributed by atoms with E-state index in [9.17, 15) is 0 Å². The molecule has 0 radical (unpaired) electrons. The van der Waals surface area contributed by atoms with Crippen molar-refractivity contribution < 1.29 is 4.74 Å². The maximum Gasteiger partial charge on any atom is 0.125 e. The second kappa shape index (κ2) is 5.90. The minimum Gasteiger partial charge on any atom is -0.493 e. The van der Waals surface area contributed by atoms with Crippen LogP contribution in [0.1, 0.15) is 43.9 Å². The molecule has 2 heteroatoms. The average molecular weight is 299 g/mol. The van der Waals surface area contributed by atoms with Crippen molar-refractivity contribution in [3.8, 4) is 5.75 Å². The van der Waals surface area contributed by atoms with Crippen molar-refractivity contribution in [3.05, 3.63) is 28.8 Å². The molecule has 1 rings (SSSR count). The highest BCUT2D eigenvalue weighted by molar-refractivity contribution is 9.08. The van der Waals surface area contributed by atoms with E-state index >= 15 is 0 Å². The van der Waals surface area contributed by atoms with Crippen LogP contribution in [0, 0.1) is 19.3 Å². The fourth-order valence-corrected chi connectivity index (χ4v) is 2.13. The van der Waals surface area contributed by atoms with Crippen molar-refractivity contribution in [2.24, 2.45) is 5.41 Å². The van der Waals surface area contributed by atoms with Crippen LogP contribution in [0.3, 0.4) is 0 Å². The van der Waals surface area contributed by atoms with Gasteiger partial charge in [0.1, 0.15) is 5.75 Å². The molecule has 0 atom stereocenters. The highest BCUT2D eigenvalue weighted by atomic mass is 79.9. The summed E-state index contributed by atoms with van der Waals surface area (Å²) in [4.78, 5) is 0. The van der Waals surface area contributed by atoms with Crippen molar-refractivity contribution in [1.29, 1.82) is 0 Å². The average Bonchev–Trinajstić information content (AvgIpc) is 2.20. The van der Waals surface area contributed by atoms with Gasteiger partial charge in [-0.15, -0.1) is 0 Å². The van der Waals surface area contributed by atoms with Crippen LogP contribution in [0.25, 0.3) is 0 Å². The van der Waals surface area contributed by atoms with Crippen LogP contribution in [-0.4, -0.2) is 6.61 Å². The second-order valence-electron chi connectivity index (χ2n) is 5.85. The van der Waals surface area contributed by atoms with E-state index in [1.807, 2.05) is 0 Å². The van der Waals surface area contributed by atoms with Gasteiger partial charge < -0.3 is 4.74 Å². The Hall–Kier alpha value is -0.500. The van der Waals surface area contributed by atoms with Gasteiger partial charge in [0.25, 0.3) is 0 Å². The summed E-state index contributed by atoms with van der Waals surface area (Å²) in [5.74, 6) is 1.05. The molecular weight excluding hydrogens is 276 g/mol. The highest BCUT2D eigenvalue weighted by Crippen LogP contribution is 2.27. The first-order valence-corrected chi connectivity index (χ1v) is 7.24. The van der Waals surface area contributed by atoms with E-state index in [0.717, 1.165) is 24.1 Å². The van der Waals surface area contributed by atoms with Gasteiger partial charge in [-0.3, -0.25) is 0 Å². The molecule has 0 saturated carbocycles. The maximum atomic E-state index is 5.93. The van der Waals surface area contributed by atoms with Gasteiger partial charge in [0, 0.05) is 5.33 Å². The molecule has 17 heavy (non-hydrogen) atoms. The second-order valence-corrected chi connectivity index (χ2v) is 6.41. The van der Waals surface area contributed by atoms with Crippen LogP contribution in [0.5, 0.6) is 5.75 Å². The van der Waals surface area contributed by atoms with Crippen LogP contribution in [0.15, 0.2) is 12.1 Å².